The zero-order valence-corrected chi connectivity index (χ0v) is 10.7. The van der Waals surface area contributed by atoms with Gasteiger partial charge in [-0.3, -0.25) is 4.68 Å². The van der Waals surface area contributed by atoms with Crippen molar-refractivity contribution in [3.63, 3.8) is 0 Å². The molecule has 2 nitrogen and oxygen atoms in total. The Kier molecular flexibility index (Phi) is 3.97. The molecule has 2 rings (SSSR count). The van der Waals surface area contributed by atoms with Crippen molar-refractivity contribution in [3.8, 4) is 0 Å². The molecule has 1 aromatic carbocycles. The van der Waals surface area contributed by atoms with Crippen LogP contribution in [0.15, 0.2) is 36.4 Å². The molecule has 0 spiro atoms. The van der Waals surface area contributed by atoms with E-state index in [1.807, 2.05) is 0 Å². The highest BCUT2D eigenvalue weighted by Crippen LogP contribution is 2.10. The van der Waals surface area contributed by atoms with Gasteiger partial charge < -0.3 is 0 Å². The average molecular weight is 228 g/mol. The van der Waals surface area contributed by atoms with Crippen LogP contribution in [0.3, 0.4) is 0 Å². The number of unbranched alkanes of at least 4 members (excludes halogenated alkanes) is 1. The highest BCUT2D eigenvalue weighted by Gasteiger charge is 2.05. The molecule has 0 fully saturated rings. The lowest BCUT2D eigenvalue weighted by molar-refractivity contribution is 0.623. The number of benzene rings is 1. The van der Waals surface area contributed by atoms with Gasteiger partial charge in [0.05, 0.1) is 12.2 Å². The van der Waals surface area contributed by atoms with Gasteiger partial charge in [-0.15, -0.1) is 0 Å². The van der Waals surface area contributed by atoms with Gasteiger partial charge in [0.1, 0.15) is 0 Å². The van der Waals surface area contributed by atoms with Gasteiger partial charge in [0.2, 0.25) is 0 Å². The standard InChI is InChI=1S/C15H20N2/c1-3-4-10-15-11-13(2)16-17(15)12-14-8-6-5-7-9-14/h5-9,11H,3-4,10,12H2,1-2H3. The van der Waals surface area contributed by atoms with E-state index in [0.29, 0.717) is 0 Å². The zero-order chi connectivity index (χ0) is 12.1. The van der Waals surface area contributed by atoms with Crippen LogP contribution in [0.4, 0.5) is 0 Å². The van der Waals surface area contributed by atoms with E-state index in [0.717, 1.165) is 18.7 Å². The molecule has 2 aromatic rings. The third-order valence-corrected chi connectivity index (χ3v) is 2.95. The van der Waals surface area contributed by atoms with Crippen molar-refractivity contribution in [1.82, 2.24) is 9.78 Å². The molecular weight excluding hydrogens is 208 g/mol. The summed E-state index contributed by atoms with van der Waals surface area (Å²) >= 11 is 0. The molecular formula is C15H20N2. The van der Waals surface area contributed by atoms with Gasteiger partial charge in [-0.2, -0.15) is 5.10 Å². The molecule has 0 saturated carbocycles. The Hall–Kier alpha value is -1.57. The van der Waals surface area contributed by atoms with Gasteiger partial charge in [0.15, 0.2) is 0 Å². The van der Waals surface area contributed by atoms with E-state index in [9.17, 15) is 0 Å². The molecule has 0 bridgehead atoms. The van der Waals surface area contributed by atoms with E-state index in [1.165, 1.54) is 24.1 Å². The SMILES string of the molecule is CCCCc1cc(C)nn1Cc1ccccc1. The van der Waals surface area contributed by atoms with Gasteiger partial charge >= 0.3 is 0 Å². The van der Waals surface area contributed by atoms with Gasteiger partial charge in [0, 0.05) is 5.69 Å². The molecule has 0 atom stereocenters. The minimum Gasteiger partial charge on any atom is -0.265 e. The van der Waals surface area contributed by atoms with E-state index in [-0.39, 0.29) is 0 Å². The second-order valence-electron chi connectivity index (χ2n) is 4.52. The first kappa shape index (κ1) is 11.9. The minimum atomic E-state index is 0.883. The first-order valence-corrected chi connectivity index (χ1v) is 6.37. The average Bonchev–Trinajstić information content (AvgIpc) is 2.68. The predicted octanol–water partition coefficient (Wildman–Crippen LogP) is 3.58. The van der Waals surface area contributed by atoms with Crippen LogP contribution < -0.4 is 0 Å². The summed E-state index contributed by atoms with van der Waals surface area (Å²) in [5.74, 6) is 0. The van der Waals surface area contributed by atoms with Crippen LogP contribution in [-0.2, 0) is 13.0 Å². The Bertz CT molecular complexity index is 457. The van der Waals surface area contributed by atoms with Crippen LogP contribution in [0, 0.1) is 6.92 Å². The fourth-order valence-corrected chi connectivity index (χ4v) is 2.05. The summed E-state index contributed by atoms with van der Waals surface area (Å²) in [6.45, 7) is 5.18. The molecule has 90 valence electrons. The Labute approximate surface area is 103 Å². The number of aryl methyl sites for hydroxylation is 2. The topological polar surface area (TPSA) is 17.8 Å². The predicted molar refractivity (Wildman–Crippen MR) is 71.1 cm³/mol. The van der Waals surface area contributed by atoms with Gasteiger partial charge in [-0.1, -0.05) is 43.7 Å². The van der Waals surface area contributed by atoms with Crippen molar-refractivity contribution < 1.29 is 0 Å². The summed E-state index contributed by atoms with van der Waals surface area (Å²) < 4.78 is 2.14. The molecule has 0 aliphatic rings. The molecule has 0 aliphatic heterocycles. The third kappa shape index (κ3) is 3.19. The fraction of sp³-hybridized carbons (Fsp3) is 0.400. The smallest absolute Gasteiger partial charge is 0.0662 e. The molecule has 0 amide bonds. The highest BCUT2D eigenvalue weighted by atomic mass is 15.3. The number of nitrogens with zero attached hydrogens (tertiary/aromatic N) is 2. The van der Waals surface area contributed by atoms with Gasteiger partial charge in [-0.25, -0.2) is 0 Å². The summed E-state index contributed by atoms with van der Waals surface area (Å²) in [6.07, 6.45) is 3.60. The largest absolute Gasteiger partial charge is 0.265 e. The summed E-state index contributed by atoms with van der Waals surface area (Å²) in [6, 6.07) is 12.7. The van der Waals surface area contributed by atoms with Crippen molar-refractivity contribution in [2.45, 2.75) is 39.7 Å². The molecule has 0 aliphatic carbocycles. The van der Waals surface area contributed by atoms with Crippen molar-refractivity contribution >= 4 is 0 Å². The summed E-state index contributed by atoms with van der Waals surface area (Å²) in [5, 5.41) is 4.58. The van der Waals surface area contributed by atoms with E-state index in [4.69, 9.17) is 0 Å². The molecule has 0 unspecified atom stereocenters. The summed E-state index contributed by atoms with van der Waals surface area (Å²) in [7, 11) is 0. The number of hydrogen-bond acceptors (Lipinski definition) is 1. The van der Waals surface area contributed by atoms with Crippen molar-refractivity contribution in [3.05, 3.63) is 53.3 Å². The van der Waals surface area contributed by atoms with Gasteiger partial charge in [0.25, 0.3) is 0 Å². The van der Waals surface area contributed by atoms with Crippen LogP contribution in [-0.4, -0.2) is 9.78 Å². The second kappa shape index (κ2) is 5.67. The monoisotopic (exact) mass is 228 g/mol. The molecule has 2 heteroatoms. The lowest BCUT2D eigenvalue weighted by atomic mass is 10.2. The normalized spacial score (nSPS) is 10.7. The van der Waals surface area contributed by atoms with Crippen molar-refractivity contribution in [2.75, 3.05) is 0 Å². The van der Waals surface area contributed by atoms with E-state index in [2.05, 4.69) is 60.0 Å². The van der Waals surface area contributed by atoms with Crippen LogP contribution in [0.5, 0.6) is 0 Å². The Morgan fingerprint density at radius 1 is 1.18 bits per heavy atom. The quantitative estimate of drug-likeness (QED) is 0.764. The molecule has 0 radical (unpaired) electrons. The zero-order valence-electron chi connectivity index (χ0n) is 10.7. The third-order valence-electron chi connectivity index (χ3n) is 2.95. The van der Waals surface area contributed by atoms with E-state index >= 15 is 0 Å². The minimum absolute atomic E-state index is 0.883. The molecule has 0 saturated heterocycles. The maximum absolute atomic E-state index is 4.58. The maximum atomic E-state index is 4.58. The van der Waals surface area contributed by atoms with Gasteiger partial charge in [-0.05, 0) is 31.4 Å². The van der Waals surface area contributed by atoms with Crippen LogP contribution in [0.1, 0.15) is 36.7 Å². The van der Waals surface area contributed by atoms with E-state index in [1.54, 1.807) is 0 Å². The molecule has 0 N–H and O–H groups in total. The second-order valence-corrected chi connectivity index (χ2v) is 4.52. The summed E-state index contributed by atoms with van der Waals surface area (Å²) in [4.78, 5) is 0. The lowest BCUT2D eigenvalue weighted by Crippen LogP contribution is -2.06. The lowest BCUT2D eigenvalue weighted by Gasteiger charge is -2.07. The number of aromatic nitrogens is 2. The highest BCUT2D eigenvalue weighted by molar-refractivity contribution is 5.17. The van der Waals surface area contributed by atoms with Crippen molar-refractivity contribution in [2.24, 2.45) is 0 Å². The molecule has 1 aromatic heterocycles. The molecule has 17 heavy (non-hydrogen) atoms. The van der Waals surface area contributed by atoms with Crippen LogP contribution in [0.25, 0.3) is 0 Å². The summed E-state index contributed by atoms with van der Waals surface area (Å²) in [5.41, 5.74) is 3.79. The number of rotatable bonds is 5. The first-order chi connectivity index (χ1) is 8.29. The van der Waals surface area contributed by atoms with Crippen LogP contribution >= 0.6 is 0 Å². The maximum Gasteiger partial charge on any atom is 0.0662 e. The van der Waals surface area contributed by atoms with Crippen LogP contribution in [0.2, 0.25) is 0 Å². The fourth-order valence-electron chi connectivity index (χ4n) is 2.05. The Morgan fingerprint density at radius 3 is 2.65 bits per heavy atom. The molecule has 1 heterocycles. The Morgan fingerprint density at radius 2 is 1.94 bits per heavy atom. The van der Waals surface area contributed by atoms with E-state index < -0.39 is 0 Å². The first-order valence-electron chi connectivity index (χ1n) is 6.37. The number of hydrogen-bond donors (Lipinski definition) is 0. The van der Waals surface area contributed by atoms with Crippen molar-refractivity contribution in [1.29, 1.82) is 0 Å². The Balaban J connectivity index is 2.14.